The first-order chi connectivity index (χ1) is 6.41. The molecule has 1 aromatic carbocycles. The Kier molecular flexibility index (Phi) is 1.59. The van der Waals surface area contributed by atoms with E-state index in [1.165, 1.54) is 0 Å². The number of rotatable bonds is 0. The molecule has 1 aliphatic rings. The van der Waals surface area contributed by atoms with Crippen LogP contribution in [0.5, 0.6) is 11.5 Å². The molecule has 0 aromatic heterocycles. The zero-order valence-electron chi connectivity index (χ0n) is 6.45. The van der Waals surface area contributed by atoms with Crippen LogP contribution in [0.3, 0.4) is 0 Å². The van der Waals surface area contributed by atoms with Crippen LogP contribution in [-0.2, 0) is 10.4 Å². The number of fused-ring (bicyclic) bond motifs is 2. The van der Waals surface area contributed by atoms with Gasteiger partial charge in [-0.25, -0.2) is 4.39 Å². The van der Waals surface area contributed by atoms with Crippen LogP contribution in [0.15, 0.2) is 6.07 Å². The number of halogens is 2. The summed E-state index contributed by atoms with van der Waals surface area (Å²) < 4.78 is 55.5. The molecule has 2 rings (SSSR count). The number of anilines is 1. The third-order valence-corrected chi connectivity index (χ3v) is 2.29. The molecule has 2 bridgehead atoms. The predicted octanol–water partition coefficient (Wildman–Crippen LogP) is 0.563. The van der Waals surface area contributed by atoms with Gasteiger partial charge < -0.3 is 14.1 Å². The summed E-state index contributed by atoms with van der Waals surface area (Å²) in [6.07, 6.45) is 0. The van der Waals surface area contributed by atoms with Crippen molar-refractivity contribution in [2.45, 2.75) is 0 Å². The maximum absolute atomic E-state index is 13.0. The highest BCUT2D eigenvalue weighted by molar-refractivity contribution is 7.82. The third kappa shape index (κ3) is 1.15. The minimum absolute atomic E-state index is 0.452. The van der Waals surface area contributed by atoms with Crippen molar-refractivity contribution in [1.29, 1.82) is 0 Å². The summed E-state index contributed by atoms with van der Waals surface area (Å²) in [5, 5.41) is 0. The van der Waals surface area contributed by atoms with Crippen molar-refractivity contribution in [1.82, 2.24) is 0 Å². The molecule has 0 fully saturated rings. The van der Waals surface area contributed by atoms with Crippen molar-refractivity contribution in [3.63, 3.8) is 0 Å². The van der Waals surface area contributed by atoms with Crippen molar-refractivity contribution >= 4 is 16.1 Å². The van der Waals surface area contributed by atoms with Gasteiger partial charge in [0.25, 0.3) is 0 Å². The maximum atomic E-state index is 13.0. The van der Waals surface area contributed by atoms with Gasteiger partial charge >= 0.3 is 10.4 Å². The molecule has 8 heteroatoms. The Hall–Kier alpha value is -1.57. The van der Waals surface area contributed by atoms with Gasteiger partial charge in [0.2, 0.25) is 11.6 Å². The summed E-state index contributed by atoms with van der Waals surface area (Å²) in [7, 11) is -4.43. The summed E-state index contributed by atoms with van der Waals surface area (Å²) in [6.45, 7) is 0. The average Bonchev–Trinajstić information content (AvgIpc) is 2.06. The van der Waals surface area contributed by atoms with E-state index in [-0.39, 0.29) is 0 Å². The maximum Gasteiger partial charge on any atom is 0.501 e. The SMILES string of the molecule is Nc1cc2c(F)c(c1F)OS(=O)(=O)O2. The Morgan fingerprint density at radius 3 is 2.50 bits per heavy atom. The lowest BCUT2D eigenvalue weighted by Gasteiger charge is -2.17. The molecule has 0 amide bonds. The Morgan fingerprint density at radius 1 is 1.21 bits per heavy atom. The van der Waals surface area contributed by atoms with Gasteiger partial charge in [-0.1, -0.05) is 0 Å². The largest absolute Gasteiger partial charge is 0.501 e. The van der Waals surface area contributed by atoms with Gasteiger partial charge in [0, 0.05) is 6.07 Å². The fourth-order valence-corrected chi connectivity index (χ4v) is 1.70. The van der Waals surface area contributed by atoms with E-state index in [4.69, 9.17) is 5.73 Å². The molecule has 0 radical (unpaired) electrons. The standard InChI is InChI=1S/C6H3F2NO4S/c7-4-2(9)1-3-5(8)6(4)13-14(10,11)12-3/h1H,9H2. The Balaban J connectivity index is 2.76. The molecule has 2 N–H and O–H groups in total. The molecule has 0 saturated carbocycles. The Morgan fingerprint density at radius 2 is 1.86 bits per heavy atom. The fraction of sp³-hybridized carbons (Fsp3) is 0. The van der Waals surface area contributed by atoms with Gasteiger partial charge in [-0.2, -0.15) is 4.39 Å². The summed E-state index contributed by atoms with van der Waals surface area (Å²) in [4.78, 5) is 0. The molecule has 5 nitrogen and oxygen atoms in total. The molecule has 0 saturated heterocycles. The molecule has 0 unspecified atom stereocenters. The molecule has 14 heavy (non-hydrogen) atoms. The molecule has 1 aliphatic heterocycles. The molecule has 1 aromatic rings. The minimum atomic E-state index is -4.43. The lowest BCUT2D eigenvalue weighted by atomic mass is 10.2. The molecule has 76 valence electrons. The van der Waals surface area contributed by atoms with Crippen molar-refractivity contribution in [3.05, 3.63) is 17.7 Å². The zero-order chi connectivity index (χ0) is 10.5. The molecular formula is C6H3F2NO4S. The zero-order valence-corrected chi connectivity index (χ0v) is 7.27. The first kappa shape index (κ1) is 9.00. The summed E-state index contributed by atoms with van der Waals surface area (Å²) in [5.74, 6) is -4.24. The molecular weight excluding hydrogens is 220 g/mol. The summed E-state index contributed by atoms with van der Waals surface area (Å²) in [5.41, 5.74) is 4.64. The monoisotopic (exact) mass is 223 g/mol. The van der Waals surface area contributed by atoms with Crippen LogP contribution < -0.4 is 14.1 Å². The highest BCUT2D eigenvalue weighted by Gasteiger charge is 2.33. The van der Waals surface area contributed by atoms with Crippen LogP contribution in [-0.4, -0.2) is 8.42 Å². The van der Waals surface area contributed by atoms with E-state index in [0.717, 1.165) is 6.07 Å². The van der Waals surface area contributed by atoms with Gasteiger partial charge in [-0.3, -0.25) is 0 Å². The predicted molar refractivity (Wildman–Crippen MR) is 40.9 cm³/mol. The van der Waals surface area contributed by atoms with Crippen LogP contribution in [0.2, 0.25) is 0 Å². The van der Waals surface area contributed by atoms with E-state index in [1.807, 2.05) is 0 Å². The highest BCUT2D eigenvalue weighted by atomic mass is 32.3. The van der Waals surface area contributed by atoms with Crippen LogP contribution >= 0.6 is 0 Å². The highest BCUT2D eigenvalue weighted by Crippen LogP contribution is 2.38. The number of nitrogen functional groups attached to an aromatic ring is 1. The topological polar surface area (TPSA) is 78.6 Å². The first-order valence-corrected chi connectivity index (χ1v) is 4.65. The van der Waals surface area contributed by atoms with Crippen LogP contribution in [0.25, 0.3) is 0 Å². The molecule has 0 spiro atoms. The van der Waals surface area contributed by atoms with Crippen LogP contribution in [0.4, 0.5) is 14.5 Å². The first-order valence-electron chi connectivity index (χ1n) is 3.32. The number of hydrogen-bond donors (Lipinski definition) is 1. The van der Waals surface area contributed by atoms with Crippen molar-refractivity contribution in [2.24, 2.45) is 0 Å². The Labute approximate surface area is 77.4 Å². The fourth-order valence-electron chi connectivity index (χ4n) is 0.970. The Bertz CT molecular complexity index is 506. The van der Waals surface area contributed by atoms with E-state index in [1.54, 1.807) is 0 Å². The number of hydrogen-bond acceptors (Lipinski definition) is 5. The van der Waals surface area contributed by atoms with Gasteiger partial charge in [0.05, 0.1) is 5.69 Å². The number of nitrogens with two attached hydrogens (primary N) is 1. The summed E-state index contributed by atoms with van der Waals surface area (Å²) >= 11 is 0. The van der Waals surface area contributed by atoms with E-state index in [9.17, 15) is 17.2 Å². The average molecular weight is 223 g/mol. The van der Waals surface area contributed by atoms with E-state index >= 15 is 0 Å². The smallest absolute Gasteiger partial charge is 0.396 e. The van der Waals surface area contributed by atoms with Gasteiger partial charge in [0.15, 0.2) is 11.6 Å². The number of benzene rings is 1. The van der Waals surface area contributed by atoms with Gasteiger partial charge in [0.1, 0.15) is 0 Å². The molecule has 1 heterocycles. The second-order valence-corrected chi connectivity index (χ2v) is 3.65. The van der Waals surface area contributed by atoms with Crippen LogP contribution in [0, 0.1) is 11.6 Å². The van der Waals surface area contributed by atoms with E-state index in [0.29, 0.717) is 0 Å². The van der Waals surface area contributed by atoms with Gasteiger partial charge in [-0.15, -0.1) is 8.42 Å². The second-order valence-electron chi connectivity index (χ2n) is 2.50. The van der Waals surface area contributed by atoms with E-state index in [2.05, 4.69) is 8.37 Å². The third-order valence-electron chi connectivity index (χ3n) is 1.53. The van der Waals surface area contributed by atoms with E-state index < -0.39 is 39.2 Å². The van der Waals surface area contributed by atoms with Crippen molar-refractivity contribution in [2.75, 3.05) is 5.73 Å². The van der Waals surface area contributed by atoms with Crippen molar-refractivity contribution in [3.8, 4) is 11.5 Å². The van der Waals surface area contributed by atoms with Crippen LogP contribution in [0.1, 0.15) is 0 Å². The lowest BCUT2D eigenvalue weighted by Crippen LogP contribution is -2.23. The second kappa shape index (κ2) is 2.47. The van der Waals surface area contributed by atoms with Gasteiger partial charge in [-0.05, 0) is 0 Å². The summed E-state index contributed by atoms with van der Waals surface area (Å²) in [6, 6.07) is 0.730. The quantitative estimate of drug-likeness (QED) is 0.650. The normalized spacial score (nSPS) is 17.0. The lowest BCUT2D eigenvalue weighted by molar-refractivity contribution is 0.333. The van der Waals surface area contributed by atoms with Crippen molar-refractivity contribution < 1.29 is 25.6 Å². The minimum Gasteiger partial charge on any atom is -0.396 e. The molecule has 0 atom stereocenters. The molecule has 0 aliphatic carbocycles.